The molecule has 0 N–H and O–H groups in total. The number of morpholine rings is 1. The van der Waals surface area contributed by atoms with E-state index in [2.05, 4.69) is 19.6 Å². The first-order valence-electron chi connectivity index (χ1n) is 9.75. The van der Waals surface area contributed by atoms with Gasteiger partial charge in [0, 0.05) is 43.7 Å². The number of ether oxygens (including phenoxy) is 2. The van der Waals surface area contributed by atoms with Crippen LogP contribution in [0, 0.1) is 0 Å². The number of alkyl halides is 3. The Morgan fingerprint density at radius 2 is 1.93 bits per heavy atom. The summed E-state index contributed by atoms with van der Waals surface area (Å²) in [5.74, 6) is 0.804. The normalized spacial score (nSPS) is 15.7. The number of rotatable bonds is 8. The highest BCUT2D eigenvalue weighted by Crippen LogP contribution is 2.22. The molecule has 9 heteroatoms. The number of nitrogens with zero attached hydrogens (tertiary/aromatic N) is 3. The minimum absolute atomic E-state index is 0.0426. The van der Waals surface area contributed by atoms with Gasteiger partial charge < -0.3 is 14.4 Å². The lowest BCUT2D eigenvalue weighted by atomic mass is 9.97. The number of hydrogen-bond donors (Lipinski definition) is 0. The highest BCUT2D eigenvalue weighted by molar-refractivity contribution is 5.81. The fraction of sp³-hybridized carbons (Fsp3) is 0.476. The van der Waals surface area contributed by atoms with E-state index in [1.807, 2.05) is 19.1 Å². The molecule has 0 bridgehead atoms. The van der Waals surface area contributed by atoms with Gasteiger partial charge in [0.25, 0.3) is 0 Å². The fourth-order valence-corrected chi connectivity index (χ4v) is 3.18. The Morgan fingerprint density at radius 3 is 2.53 bits per heavy atom. The zero-order chi connectivity index (χ0) is 21.6. The van der Waals surface area contributed by atoms with Crippen molar-refractivity contribution in [2.75, 3.05) is 37.8 Å². The number of hydrogen-bond acceptors (Lipinski definition) is 6. The van der Waals surface area contributed by atoms with Crippen molar-refractivity contribution >= 4 is 11.6 Å². The number of carbonyl (C=O) groups is 1. The van der Waals surface area contributed by atoms with E-state index in [4.69, 9.17) is 4.74 Å². The van der Waals surface area contributed by atoms with Crippen molar-refractivity contribution in [1.29, 1.82) is 0 Å². The van der Waals surface area contributed by atoms with E-state index in [0.29, 0.717) is 18.9 Å². The van der Waals surface area contributed by atoms with Crippen LogP contribution in [0.15, 0.2) is 36.7 Å². The maximum absolute atomic E-state index is 12.4. The second kappa shape index (κ2) is 9.88. The molecule has 162 valence electrons. The number of carbonyl (C=O) groups excluding carboxylic acids is 1. The number of anilines is 1. The second-order valence-corrected chi connectivity index (χ2v) is 7.27. The standard InChI is InChI=1S/C21H24F3N3O3/c1-15(19-4-3-18(13-25-19)30-14-21(22,23)24)10-17(28)11-16-2-5-20(26-12-16)27-6-8-29-9-7-27/h2-5,12-13,15H,6-11,14H2,1H3/t15-/m0/s1. The monoisotopic (exact) mass is 423 g/mol. The van der Waals surface area contributed by atoms with Crippen molar-refractivity contribution in [3.8, 4) is 5.75 Å². The van der Waals surface area contributed by atoms with Crippen LogP contribution < -0.4 is 9.64 Å². The van der Waals surface area contributed by atoms with Gasteiger partial charge in [-0.3, -0.25) is 9.78 Å². The Morgan fingerprint density at radius 1 is 1.17 bits per heavy atom. The summed E-state index contributed by atoms with van der Waals surface area (Å²) in [6.45, 7) is 3.47. The first-order chi connectivity index (χ1) is 14.3. The van der Waals surface area contributed by atoms with Gasteiger partial charge in [-0.05, 0) is 23.8 Å². The molecule has 1 aliphatic heterocycles. The Balaban J connectivity index is 1.49. The van der Waals surface area contributed by atoms with Gasteiger partial charge in [0.1, 0.15) is 17.4 Å². The molecule has 0 spiro atoms. The second-order valence-electron chi connectivity index (χ2n) is 7.27. The van der Waals surface area contributed by atoms with E-state index in [1.165, 1.54) is 12.3 Å². The molecule has 0 saturated carbocycles. The Labute approximate surface area is 173 Å². The van der Waals surface area contributed by atoms with Crippen LogP contribution in [0.1, 0.15) is 30.5 Å². The molecule has 1 aliphatic rings. The topological polar surface area (TPSA) is 64.6 Å². The van der Waals surface area contributed by atoms with E-state index in [-0.39, 0.29) is 30.3 Å². The van der Waals surface area contributed by atoms with Crippen molar-refractivity contribution in [3.05, 3.63) is 47.9 Å². The van der Waals surface area contributed by atoms with Crippen LogP contribution in [0.3, 0.4) is 0 Å². The highest BCUT2D eigenvalue weighted by atomic mass is 19.4. The van der Waals surface area contributed by atoms with Crippen molar-refractivity contribution in [2.24, 2.45) is 0 Å². The van der Waals surface area contributed by atoms with E-state index < -0.39 is 12.8 Å². The summed E-state index contributed by atoms with van der Waals surface area (Å²) in [5.41, 5.74) is 1.47. The molecule has 1 saturated heterocycles. The minimum atomic E-state index is -4.40. The average Bonchev–Trinajstić information content (AvgIpc) is 2.73. The van der Waals surface area contributed by atoms with E-state index in [0.717, 1.165) is 24.5 Å². The fourth-order valence-electron chi connectivity index (χ4n) is 3.18. The Hall–Kier alpha value is -2.68. The summed E-state index contributed by atoms with van der Waals surface area (Å²) in [5, 5.41) is 0. The van der Waals surface area contributed by atoms with Gasteiger partial charge in [-0.25, -0.2) is 4.98 Å². The van der Waals surface area contributed by atoms with E-state index in [1.54, 1.807) is 12.3 Å². The molecule has 3 heterocycles. The van der Waals surface area contributed by atoms with Crippen molar-refractivity contribution in [2.45, 2.75) is 31.9 Å². The quantitative estimate of drug-likeness (QED) is 0.647. The molecule has 6 nitrogen and oxygen atoms in total. The van der Waals surface area contributed by atoms with Crippen LogP contribution in [0.4, 0.5) is 19.0 Å². The number of aromatic nitrogens is 2. The van der Waals surface area contributed by atoms with Gasteiger partial charge >= 0.3 is 6.18 Å². The molecule has 30 heavy (non-hydrogen) atoms. The van der Waals surface area contributed by atoms with Gasteiger partial charge in [0.2, 0.25) is 0 Å². The third kappa shape index (κ3) is 6.69. The summed E-state index contributed by atoms with van der Waals surface area (Å²) in [6, 6.07) is 6.84. The third-order valence-electron chi connectivity index (χ3n) is 4.75. The molecule has 3 rings (SSSR count). The van der Waals surface area contributed by atoms with Crippen LogP contribution in [0.5, 0.6) is 5.75 Å². The number of pyridine rings is 2. The summed E-state index contributed by atoms with van der Waals surface area (Å²) in [4.78, 5) is 23.2. The van der Waals surface area contributed by atoms with Gasteiger partial charge in [-0.1, -0.05) is 13.0 Å². The van der Waals surface area contributed by atoms with E-state index >= 15 is 0 Å². The average molecular weight is 423 g/mol. The van der Waals surface area contributed by atoms with Gasteiger partial charge in [-0.15, -0.1) is 0 Å². The first kappa shape index (κ1) is 22.0. The number of ketones is 1. The van der Waals surface area contributed by atoms with Crippen molar-refractivity contribution < 1.29 is 27.4 Å². The predicted molar refractivity (Wildman–Crippen MR) is 105 cm³/mol. The molecule has 2 aromatic heterocycles. The number of halogens is 3. The molecule has 0 aromatic carbocycles. The Kier molecular flexibility index (Phi) is 7.25. The Bertz CT molecular complexity index is 820. The molecule has 0 radical (unpaired) electrons. The molecular formula is C21H24F3N3O3. The molecule has 1 atom stereocenters. The van der Waals surface area contributed by atoms with Crippen LogP contribution in [0.2, 0.25) is 0 Å². The number of Topliss-reactive ketones (excluding diaryl/α,β-unsaturated/α-hetero) is 1. The van der Waals surface area contributed by atoms with Crippen LogP contribution in [-0.2, 0) is 16.0 Å². The molecule has 0 amide bonds. The maximum Gasteiger partial charge on any atom is 0.422 e. The van der Waals surface area contributed by atoms with Crippen LogP contribution in [-0.4, -0.2) is 54.8 Å². The zero-order valence-corrected chi connectivity index (χ0v) is 16.7. The summed E-state index contributed by atoms with van der Waals surface area (Å²) in [6.07, 6.45) is -0.878. The smallest absolute Gasteiger partial charge is 0.422 e. The van der Waals surface area contributed by atoms with Gasteiger partial charge in [-0.2, -0.15) is 13.2 Å². The lowest BCUT2D eigenvalue weighted by molar-refractivity contribution is -0.153. The van der Waals surface area contributed by atoms with Crippen molar-refractivity contribution in [3.63, 3.8) is 0 Å². The lowest BCUT2D eigenvalue weighted by Crippen LogP contribution is -2.36. The SMILES string of the molecule is C[C@@H](CC(=O)Cc1ccc(N2CCOCC2)nc1)c1ccc(OCC(F)(F)F)cn1. The molecular weight excluding hydrogens is 399 g/mol. The first-order valence-corrected chi connectivity index (χ1v) is 9.75. The summed E-state index contributed by atoms with van der Waals surface area (Å²) >= 11 is 0. The molecule has 0 unspecified atom stereocenters. The third-order valence-corrected chi connectivity index (χ3v) is 4.75. The van der Waals surface area contributed by atoms with Gasteiger partial charge in [0.05, 0.1) is 19.4 Å². The van der Waals surface area contributed by atoms with Crippen LogP contribution >= 0.6 is 0 Å². The highest BCUT2D eigenvalue weighted by Gasteiger charge is 2.28. The summed E-state index contributed by atoms with van der Waals surface area (Å²) < 4.78 is 46.6. The largest absolute Gasteiger partial charge is 0.483 e. The molecule has 2 aromatic rings. The van der Waals surface area contributed by atoms with Gasteiger partial charge in [0.15, 0.2) is 6.61 Å². The minimum Gasteiger partial charge on any atom is -0.483 e. The predicted octanol–water partition coefficient (Wildman–Crippen LogP) is 3.56. The van der Waals surface area contributed by atoms with Crippen LogP contribution in [0.25, 0.3) is 0 Å². The maximum atomic E-state index is 12.4. The summed E-state index contributed by atoms with van der Waals surface area (Å²) in [7, 11) is 0. The molecule has 1 fully saturated rings. The lowest BCUT2D eigenvalue weighted by Gasteiger charge is -2.27. The van der Waals surface area contributed by atoms with E-state index in [9.17, 15) is 18.0 Å². The van der Waals surface area contributed by atoms with Crippen molar-refractivity contribution in [1.82, 2.24) is 9.97 Å². The zero-order valence-electron chi connectivity index (χ0n) is 16.7. The molecule has 0 aliphatic carbocycles.